The molecule has 53 heavy (non-hydrogen) atoms. The maximum Gasteiger partial charge on any atom is 0.316 e. The Morgan fingerprint density at radius 2 is 1.81 bits per heavy atom. The van der Waals surface area contributed by atoms with Crippen LogP contribution in [0.3, 0.4) is 0 Å². The summed E-state index contributed by atoms with van der Waals surface area (Å²) in [5.74, 6) is -5.95. The van der Waals surface area contributed by atoms with Gasteiger partial charge in [-0.3, -0.25) is 4.79 Å². The Morgan fingerprint density at radius 1 is 1.06 bits per heavy atom. The molecule has 0 aromatic rings. The number of rotatable bonds is 5. The molecular formula is C41H58F2O10. The SMILES string of the molecule is CCC(C)[C@H]1O[C@]2(C=C[C@@H]1C)C[C@@H]1C[C@@H](C/C=C(\C)[C@@H](O[C@H]3C[C@H](OC)C(F)(F)[C@H](C)O3)[C@@H](C)/C=C/C=C3\CO[C@@H]4[C@H](O)C(C)=C[C@@H](C(=O)O1)[C@]34O)O2. The minimum atomic E-state index is -3.17. The molecule has 2 N–H and O–H groups in total. The summed E-state index contributed by atoms with van der Waals surface area (Å²) < 4.78 is 72.9. The van der Waals surface area contributed by atoms with E-state index in [1.165, 1.54) is 14.0 Å². The van der Waals surface area contributed by atoms with Gasteiger partial charge in [0, 0.05) is 38.2 Å². The minimum Gasteiger partial charge on any atom is -0.462 e. The fourth-order valence-electron chi connectivity index (χ4n) is 8.85. The van der Waals surface area contributed by atoms with Crippen molar-refractivity contribution in [3.05, 3.63) is 59.3 Å². The molecule has 1 spiro atoms. The van der Waals surface area contributed by atoms with E-state index in [-0.39, 0.29) is 43.3 Å². The van der Waals surface area contributed by atoms with Crippen LogP contribution in [0.2, 0.25) is 0 Å². The van der Waals surface area contributed by atoms with Crippen LogP contribution in [0, 0.1) is 23.7 Å². The van der Waals surface area contributed by atoms with Gasteiger partial charge in [0.1, 0.15) is 42.0 Å². The maximum atomic E-state index is 14.8. The van der Waals surface area contributed by atoms with Gasteiger partial charge < -0.3 is 43.4 Å². The molecule has 5 heterocycles. The van der Waals surface area contributed by atoms with Crippen LogP contribution in [0.15, 0.2) is 59.3 Å². The molecule has 0 aromatic heterocycles. The van der Waals surface area contributed by atoms with Crippen molar-refractivity contribution < 1.29 is 56.9 Å². The zero-order valence-electron chi connectivity index (χ0n) is 32.2. The molecule has 3 saturated heterocycles. The molecule has 3 fully saturated rings. The van der Waals surface area contributed by atoms with E-state index in [9.17, 15) is 23.8 Å². The highest BCUT2D eigenvalue weighted by Crippen LogP contribution is 2.47. The third-order valence-electron chi connectivity index (χ3n) is 12.3. The van der Waals surface area contributed by atoms with Crippen molar-refractivity contribution in [1.29, 1.82) is 0 Å². The summed E-state index contributed by atoms with van der Waals surface area (Å²) in [5.41, 5.74) is -0.0850. The lowest BCUT2D eigenvalue weighted by molar-refractivity contribution is -0.308. The van der Waals surface area contributed by atoms with E-state index in [0.29, 0.717) is 24.0 Å². The Morgan fingerprint density at radius 3 is 2.53 bits per heavy atom. The molecule has 1 aliphatic carbocycles. The van der Waals surface area contributed by atoms with Gasteiger partial charge >= 0.3 is 5.97 Å². The molecule has 0 saturated carbocycles. The Balaban J connectivity index is 1.39. The number of aliphatic hydroxyl groups is 2. The van der Waals surface area contributed by atoms with Gasteiger partial charge in [0.2, 0.25) is 0 Å². The molecule has 2 bridgehead atoms. The molecule has 1 unspecified atom stereocenters. The summed E-state index contributed by atoms with van der Waals surface area (Å²) in [7, 11) is 1.26. The molecular weight excluding hydrogens is 690 g/mol. The third kappa shape index (κ3) is 7.77. The molecule has 15 atom stereocenters. The van der Waals surface area contributed by atoms with Gasteiger partial charge in [-0.15, -0.1) is 0 Å². The number of alkyl halides is 2. The smallest absolute Gasteiger partial charge is 0.316 e. The van der Waals surface area contributed by atoms with Crippen molar-refractivity contribution in [2.24, 2.45) is 23.7 Å². The number of allylic oxidation sites excluding steroid dienone is 2. The van der Waals surface area contributed by atoms with Crippen molar-refractivity contribution in [2.75, 3.05) is 13.7 Å². The maximum absolute atomic E-state index is 14.8. The third-order valence-corrected chi connectivity index (χ3v) is 12.3. The second-order valence-electron chi connectivity index (χ2n) is 16.1. The lowest BCUT2D eigenvalue weighted by atomic mass is 9.71. The predicted octanol–water partition coefficient (Wildman–Crippen LogP) is 6.12. The number of halogens is 2. The van der Waals surface area contributed by atoms with E-state index in [2.05, 4.69) is 26.8 Å². The zero-order valence-corrected chi connectivity index (χ0v) is 32.2. The average Bonchev–Trinajstić information content (AvgIpc) is 3.45. The fourth-order valence-corrected chi connectivity index (χ4v) is 8.85. The number of carbonyl (C=O) groups is 1. The fraction of sp³-hybridized carbons (Fsp3) is 0.732. The van der Waals surface area contributed by atoms with E-state index in [4.69, 9.17) is 33.2 Å². The number of ether oxygens (including phenoxy) is 7. The number of fused-ring (bicyclic) bond motifs is 2. The van der Waals surface area contributed by atoms with E-state index < -0.39 is 78.2 Å². The largest absolute Gasteiger partial charge is 0.462 e. The van der Waals surface area contributed by atoms with Gasteiger partial charge in [0.15, 0.2) is 12.1 Å². The van der Waals surface area contributed by atoms with Crippen molar-refractivity contribution in [3.63, 3.8) is 0 Å². The molecule has 6 rings (SSSR count). The number of carbonyl (C=O) groups excluding carboxylic acids is 1. The summed E-state index contributed by atoms with van der Waals surface area (Å²) in [6, 6.07) is 0. The van der Waals surface area contributed by atoms with Gasteiger partial charge in [-0.2, -0.15) is 0 Å². The van der Waals surface area contributed by atoms with Crippen LogP contribution in [0.5, 0.6) is 0 Å². The molecule has 6 aliphatic rings. The Kier molecular flexibility index (Phi) is 12.0. The highest BCUT2D eigenvalue weighted by atomic mass is 19.3. The second kappa shape index (κ2) is 15.7. The molecule has 12 heteroatoms. The quantitative estimate of drug-likeness (QED) is 0.252. The molecule has 10 nitrogen and oxygen atoms in total. The molecule has 0 amide bonds. The van der Waals surface area contributed by atoms with Gasteiger partial charge in [0.05, 0.1) is 24.9 Å². The van der Waals surface area contributed by atoms with Gasteiger partial charge in [-0.05, 0) is 55.9 Å². The van der Waals surface area contributed by atoms with Crippen LogP contribution in [-0.4, -0.2) is 102 Å². The molecule has 5 aliphatic heterocycles. The van der Waals surface area contributed by atoms with E-state index in [1.807, 2.05) is 32.1 Å². The summed E-state index contributed by atoms with van der Waals surface area (Å²) >= 11 is 0. The standard InChI is InChI=1S/C41H58F2O10/c1-9-22(2)36-25(5)15-16-39(53-36)20-30-18-29(52-39)14-13-24(4)35(51-33-19-32(47-8)41(42,43)27(7)49-33)23(3)11-10-12-28-21-48-37-34(44)26(6)17-31(38(45)50-30)40(28,37)46/h10-13,15-17,22-23,25,27,29-37,44,46H,9,14,18-21H2,1-8H3/b11-10+,24-13+,28-12+/t22?,23-,25-,27-,29+,30-,31-,32-,33-,34+,35-,36+,37+,39+,40+/m0/s1. The highest BCUT2D eigenvalue weighted by Gasteiger charge is 2.60. The number of methoxy groups -OCH3 is 1. The summed E-state index contributed by atoms with van der Waals surface area (Å²) in [5, 5.41) is 23.4. The number of hydrogen-bond acceptors (Lipinski definition) is 10. The van der Waals surface area contributed by atoms with Crippen LogP contribution in [0.4, 0.5) is 8.78 Å². The summed E-state index contributed by atoms with van der Waals surface area (Å²) in [4.78, 5) is 14.2. The van der Waals surface area contributed by atoms with Crippen LogP contribution >= 0.6 is 0 Å². The molecule has 0 radical (unpaired) electrons. The van der Waals surface area contributed by atoms with Crippen LogP contribution in [0.1, 0.15) is 80.6 Å². The van der Waals surface area contributed by atoms with E-state index in [0.717, 1.165) is 12.0 Å². The number of hydrogen-bond donors (Lipinski definition) is 2. The monoisotopic (exact) mass is 748 g/mol. The van der Waals surface area contributed by atoms with E-state index in [1.54, 1.807) is 25.2 Å². The summed E-state index contributed by atoms with van der Waals surface area (Å²) in [6.45, 7) is 13.3. The Hall–Kier alpha value is -2.29. The highest BCUT2D eigenvalue weighted by molar-refractivity contribution is 5.78. The Bertz CT molecular complexity index is 1510. The number of aliphatic hydroxyl groups excluding tert-OH is 1. The van der Waals surface area contributed by atoms with Gasteiger partial charge in [0.25, 0.3) is 5.92 Å². The van der Waals surface area contributed by atoms with E-state index >= 15 is 0 Å². The first-order valence-corrected chi connectivity index (χ1v) is 19.2. The van der Waals surface area contributed by atoms with Gasteiger partial charge in [-0.1, -0.05) is 70.6 Å². The van der Waals surface area contributed by atoms with Crippen LogP contribution in [0.25, 0.3) is 0 Å². The van der Waals surface area contributed by atoms with Crippen LogP contribution in [-0.2, 0) is 38.0 Å². The lowest BCUT2D eigenvalue weighted by Gasteiger charge is -2.48. The first-order valence-electron chi connectivity index (χ1n) is 19.2. The first-order chi connectivity index (χ1) is 25.0. The average molecular weight is 749 g/mol. The van der Waals surface area contributed by atoms with Crippen molar-refractivity contribution >= 4 is 5.97 Å². The second-order valence-corrected chi connectivity index (χ2v) is 16.1. The first kappa shape index (κ1) is 40.4. The van der Waals surface area contributed by atoms with Crippen molar-refractivity contribution in [3.8, 4) is 0 Å². The number of esters is 1. The summed E-state index contributed by atoms with van der Waals surface area (Å²) in [6.07, 6.45) is 7.17. The van der Waals surface area contributed by atoms with Crippen molar-refractivity contribution in [1.82, 2.24) is 0 Å². The zero-order chi connectivity index (χ0) is 38.5. The lowest BCUT2D eigenvalue weighted by Crippen LogP contribution is -2.58. The predicted molar refractivity (Wildman–Crippen MR) is 192 cm³/mol. The molecule has 296 valence electrons. The normalized spacial score (nSPS) is 47.7. The molecule has 0 aromatic carbocycles. The van der Waals surface area contributed by atoms with Crippen LogP contribution < -0.4 is 0 Å². The Labute approximate surface area is 312 Å². The van der Waals surface area contributed by atoms with Gasteiger partial charge in [-0.25, -0.2) is 8.78 Å². The minimum absolute atomic E-state index is 0.00258. The topological polar surface area (TPSA) is 122 Å². The van der Waals surface area contributed by atoms with Crippen molar-refractivity contribution in [2.45, 2.75) is 153 Å².